The van der Waals surface area contributed by atoms with Gasteiger partial charge in [-0.15, -0.1) is 0 Å². The molecule has 8 heteroatoms. The number of anilines is 1. The molecule has 1 heterocycles. The van der Waals surface area contributed by atoms with Gasteiger partial charge in [-0.2, -0.15) is 5.10 Å². The van der Waals surface area contributed by atoms with Crippen molar-refractivity contribution in [2.24, 2.45) is 5.10 Å². The van der Waals surface area contributed by atoms with E-state index < -0.39 is 0 Å². The van der Waals surface area contributed by atoms with E-state index in [1.165, 1.54) is 19.0 Å². The smallest absolute Gasteiger partial charge is 0.259 e. The molecule has 3 aromatic rings. The Hall–Kier alpha value is -3.84. The molecule has 1 atom stereocenters. The number of benzene rings is 3. The second kappa shape index (κ2) is 9.97. The first kappa shape index (κ1) is 23.3. The maximum absolute atomic E-state index is 12.7. The average molecular weight is 478 g/mol. The molecule has 1 N–H and O–H groups in total. The fourth-order valence-corrected chi connectivity index (χ4v) is 4.03. The fourth-order valence-electron chi connectivity index (χ4n) is 3.86. The normalized spacial score (nSPS) is 15.0. The summed E-state index contributed by atoms with van der Waals surface area (Å²) in [5.74, 6) is 0.737. The molecule has 174 valence electrons. The van der Waals surface area contributed by atoms with Gasteiger partial charge in [0, 0.05) is 24.1 Å². The molecule has 0 aliphatic carbocycles. The zero-order valence-electron chi connectivity index (χ0n) is 19.0. The van der Waals surface area contributed by atoms with Gasteiger partial charge < -0.3 is 14.8 Å². The molecular weight excluding hydrogens is 454 g/mol. The zero-order valence-corrected chi connectivity index (χ0v) is 19.8. The van der Waals surface area contributed by atoms with Gasteiger partial charge in [0.15, 0.2) is 0 Å². The minimum absolute atomic E-state index is 0.129. The van der Waals surface area contributed by atoms with E-state index in [2.05, 4.69) is 10.4 Å². The molecule has 0 saturated heterocycles. The molecule has 0 saturated carbocycles. The Labute approximate surface area is 202 Å². The number of nitrogens with one attached hydrogen (secondary N) is 1. The van der Waals surface area contributed by atoms with Crippen molar-refractivity contribution in [2.75, 3.05) is 19.5 Å². The molecule has 1 unspecified atom stereocenters. The van der Waals surface area contributed by atoms with Crippen molar-refractivity contribution >= 4 is 34.8 Å². The number of carbonyl (C=O) groups excluding carboxylic acids is 2. The molecule has 3 aromatic carbocycles. The average Bonchev–Trinajstić information content (AvgIpc) is 3.30. The molecule has 0 radical (unpaired) electrons. The van der Waals surface area contributed by atoms with Crippen LogP contribution in [0.4, 0.5) is 5.69 Å². The highest BCUT2D eigenvalue weighted by Crippen LogP contribution is 2.34. The first-order valence-electron chi connectivity index (χ1n) is 10.7. The van der Waals surface area contributed by atoms with E-state index in [0.717, 1.165) is 22.6 Å². The molecule has 1 aliphatic rings. The number of carbonyl (C=O) groups is 2. The van der Waals surface area contributed by atoms with Crippen LogP contribution in [0, 0.1) is 0 Å². The van der Waals surface area contributed by atoms with E-state index in [9.17, 15) is 9.59 Å². The van der Waals surface area contributed by atoms with Crippen LogP contribution in [0.2, 0.25) is 5.02 Å². The van der Waals surface area contributed by atoms with Gasteiger partial charge in [0.25, 0.3) is 5.91 Å². The summed E-state index contributed by atoms with van der Waals surface area (Å²) < 4.78 is 10.5. The van der Waals surface area contributed by atoms with Crippen molar-refractivity contribution in [3.8, 4) is 11.5 Å². The highest BCUT2D eigenvalue weighted by atomic mass is 35.5. The van der Waals surface area contributed by atoms with Crippen LogP contribution < -0.4 is 14.8 Å². The summed E-state index contributed by atoms with van der Waals surface area (Å²) >= 11 is 6.04. The fraction of sp³-hybridized carbons (Fsp3) is 0.192. The Morgan fingerprint density at radius 2 is 1.71 bits per heavy atom. The van der Waals surface area contributed by atoms with E-state index >= 15 is 0 Å². The number of rotatable bonds is 6. The van der Waals surface area contributed by atoms with Crippen LogP contribution in [0.15, 0.2) is 71.8 Å². The summed E-state index contributed by atoms with van der Waals surface area (Å²) in [5.41, 5.74) is 3.61. The van der Waals surface area contributed by atoms with Crippen LogP contribution >= 0.6 is 11.6 Å². The summed E-state index contributed by atoms with van der Waals surface area (Å²) in [6, 6.07) is 19.7. The van der Waals surface area contributed by atoms with Gasteiger partial charge in [0.05, 0.1) is 31.5 Å². The lowest BCUT2D eigenvalue weighted by Gasteiger charge is -2.20. The Bertz CT molecular complexity index is 1240. The highest BCUT2D eigenvalue weighted by Gasteiger charge is 2.31. The molecule has 7 nitrogen and oxygen atoms in total. The molecule has 34 heavy (non-hydrogen) atoms. The molecule has 4 rings (SSSR count). The standard InChI is InChI=1S/C26H24ClN3O4/c1-16(31)30-24(18-6-11-21(33-2)12-7-18)15-23(29-30)17-4-9-20(10-5-17)28-26(32)22-14-19(27)8-13-25(22)34-3/h4-14,24H,15H2,1-3H3,(H,28,32). The number of methoxy groups -OCH3 is 2. The lowest BCUT2D eigenvalue weighted by molar-refractivity contribution is -0.130. The van der Waals surface area contributed by atoms with E-state index in [-0.39, 0.29) is 17.9 Å². The maximum atomic E-state index is 12.7. The van der Waals surface area contributed by atoms with Gasteiger partial charge in [-0.05, 0) is 53.6 Å². The van der Waals surface area contributed by atoms with Crippen LogP contribution in [0.1, 0.15) is 40.9 Å². The third-order valence-corrected chi connectivity index (χ3v) is 5.85. The molecular formula is C26H24ClN3O4. The van der Waals surface area contributed by atoms with Crippen LogP contribution in [0.5, 0.6) is 11.5 Å². The zero-order chi connectivity index (χ0) is 24.2. The first-order valence-corrected chi connectivity index (χ1v) is 11.0. The Balaban J connectivity index is 1.51. The number of amides is 2. The minimum Gasteiger partial charge on any atom is -0.497 e. The number of hydrogen-bond acceptors (Lipinski definition) is 5. The Kier molecular flexibility index (Phi) is 6.84. The summed E-state index contributed by atoms with van der Waals surface area (Å²) in [7, 11) is 3.12. The maximum Gasteiger partial charge on any atom is 0.259 e. The van der Waals surface area contributed by atoms with Crippen LogP contribution in [-0.2, 0) is 4.79 Å². The largest absolute Gasteiger partial charge is 0.497 e. The van der Waals surface area contributed by atoms with Gasteiger partial charge in [-0.1, -0.05) is 35.9 Å². The number of halogens is 1. The Morgan fingerprint density at radius 1 is 1.00 bits per heavy atom. The second-order valence-corrected chi connectivity index (χ2v) is 8.22. The quantitative estimate of drug-likeness (QED) is 0.522. The molecule has 2 amide bonds. The SMILES string of the molecule is COc1ccc(C2CC(c3ccc(NC(=O)c4cc(Cl)ccc4OC)cc3)=NN2C(C)=O)cc1. The van der Waals surface area contributed by atoms with Crippen LogP contribution in [0.3, 0.4) is 0 Å². The lowest BCUT2D eigenvalue weighted by atomic mass is 9.98. The predicted octanol–water partition coefficient (Wildman–Crippen LogP) is 5.31. The molecule has 0 bridgehead atoms. The van der Waals surface area contributed by atoms with Crippen molar-refractivity contribution in [1.82, 2.24) is 5.01 Å². The van der Waals surface area contributed by atoms with Crippen molar-refractivity contribution in [3.05, 3.63) is 88.4 Å². The van der Waals surface area contributed by atoms with Crippen molar-refractivity contribution in [1.29, 1.82) is 0 Å². The lowest BCUT2D eigenvalue weighted by Crippen LogP contribution is -2.24. The highest BCUT2D eigenvalue weighted by molar-refractivity contribution is 6.31. The molecule has 1 aliphatic heterocycles. The summed E-state index contributed by atoms with van der Waals surface area (Å²) in [6.07, 6.45) is 0.581. The van der Waals surface area contributed by atoms with Gasteiger partial charge in [0.1, 0.15) is 11.5 Å². The van der Waals surface area contributed by atoms with Crippen molar-refractivity contribution < 1.29 is 19.1 Å². The van der Waals surface area contributed by atoms with E-state index in [0.29, 0.717) is 28.4 Å². The third-order valence-electron chi connectivity index (χ3n) is 5.62. The van der Waals surface area contributed by atoms with Gasteiger partial charge >= 0.3 is 0 Å². The number of nitrogens with zero attached hydrogens (tertiary/aromatic N) is 2. The number of hydrogen-bond donors (Lipinski definition) is 1. The van der Waals surface area contributed by atoms with Crippen molar-refractivity contribution in [3.63, 3.8) is 0 Å². The van der Waals surface area contributed by atoms with Gasteiger partial charge in [-0.25, -0.2) is 5.01 Å². The number of ether oxygens (including phenoxy) is 2. The molecule has 0 aromatic heterocycles. The monoisotopic (exact) mass is 477 g/mol. The summed E-state index contributed by atoms with van der Waals surface area (Å²) in [4.78, 5) is 25.0. The molecule has 0 fully saturated rings. The summed E-state index contributed by atoms with van der Waals surface area (Å²) in [5, 5.41) is 9.39. The molecule has 0 spiro atoms. The van der Waals surface area contributed by atoms with Crippen LogP contribution in [-0.4, -0.2) is 36.8 Å². The third kappa shape index (κ3) is 4.89. The van der Waals surface area contributed by atoms with Crippen LogP contribution in [0.25, 0.3) is 0 Å². The van der Waals surface area contributed by atoms with E-state index in [1.807, 2.05) is 36.4 Å². The Morgan fingerprint density at radius 3 is 2.32 bits per heavy atom. The van der Waals surface area contributed by atoms with Gasteiger partial charge in [-0.3, -0.25) is 9.59 Å². The first-order chi connectivity index (χ1) is 16.4. The summed E-state index contributed by atoms with van der Waals surface area (Å²) in [6.45, 7) is 1.51. The van der Waals surface area contributed by atoms with Crippen molar-refractivity contribution in [2.45, 2.75) is 19.4 Å². The van der Waals surface area contributed by atoms with E-state index in [1.54, 1.807) is 37.4 Å². The minimum atomic E-state index is -0.326. The topological polar surface area (TPSA) is 80.2 Å². The second-order valence-electron chi connectivity index (χ2n) is 7.78. The van der Waals surface area contributed by atoms with E-state index in [4.69, 9.17) is 21.1 Å². The number of hydrazone groups is 1. The predicted molar refractivity (Wildman–Crippen MR) is 132 cm³/mol. The van der Waals surface area contributed by atoms with Gasteiger partial charge in [0.2, 0.25) is 5.91 Å².